The van der Waals surface area contributed by atoms with Crippen LogP contribution in [0, 0.1) is 0 Å². The van der Waals surface area contributed by atoms with E-state index in [1.807, 2.05) is 29.2 Å². The molecule has 1 aliphatic rings. The lowest BCUT2D eigenvalue weighted by atomic mass is 10.1. The molecule has 9 heteroatoms. The lowest BCUT2D eigenvalue weighted by Crippen LogP contribution is -2.43. The van der Waals surface area contributed by atoms with Gasteiger partial charge in [0, 0.05) is 36.4 Å². The van der Waals surface area contributed by atoms with Gasteiger partial charge < -0.3 is 5.32 Å². The summed E-state index contributed by atoms with van der Waals surface area (Å²) in [5, 5.41) is 17.2. The van der Waals surface area contributed by atoms with Gasteiger partial charge in [-0.05, 0) is 23.8 Å². The number of benzene rings is 1. The molecule has 0 radical (unpaired) electrons. The molecular weight excluding hydrogens is 366 g/mol. The molecule has 6 rings (SSSR count). The number of aromatic nitrogens is 8. The highest BCUT2D eigenvalue weighted by atomic mass is 15.5. The third-order valence-corrected chi connectivity index (χ3v) is 5.26. The molecule has 1 aromatic carbocycles. The highest BCUT2D eigenvalue weighted by molar-refractivity contribution is 5.79. The van der Waals surface area contributed by atoms with Crippen LogP contribution in [0.4, 0.5) is 0 Å². The molecule has 5 heterocycles. The van der Waals surface area contributed by atoms with Gasteiger partial charge in [-0.15, -0.1) is 5.10 Å². The van der Waals surface area contributed by atoms with Gasteiger partial charge in [-0.25, -0.2) is 14.6 Å². The van der Waals surface area contributed by atoms with Gasteiger partial charge in [0.05, 0.1) is 36.2 Å². The molecule has 0 bridgehead atoms. The molecular formula is C20H17N9. The molecule has 0 unspecified atom stereocenters. The van der Waals surface area contributed by atoms with Crippen molar-refractivity contribution < 1.29 is 0 Å². The Balaban J connectivity index is 1.35. The molecule has 0 atom stereocenters. The summed E-state index contributed by atoms with van der Waals surface area (Å²) in [5.41, 5.74) is 4.98. The Labute approximate surface area is 165 Å². The minimum Gasteiger partial charge on any atom is -0.312 e. The van der Waals surface area contributed by atoms with Crippen molar-refractivity contribution in [2.45, 2.75) is 12.6 Å². The average Bonchev–Trinajstić information content (AvgIpc) is 3.34. The molecule has 9 nitrogen and oxygen atoms in total. The largest absolute Gasteiger partial charge is 0.312 e. The molecule has 142 valence electrons. The average molecular weight is 383 g/mol. The van der Waals surface area contributed by atoms with Gasteiger partial charge in [-0.2, -0.15) is 5.10 Å². The van der Waals surface area contributed by atoms with Crippen molar-refractivity contribution in [3.63, 3.8) is 0 Å². The summed E-state index contributed by atoms with van der Waals surface area (Å²) in [4.78, 5) is 13.6. The van der Waals surface area contributed by atoms with Crippen LogP contribution in [0.5, 0.6) is 0 Å². The van der Waals surface area contributed by atoms with Crippen molar-refractivity contribution in [3.05, 3.63) is 60.7 Å². The fraction of sp³-hybridized carbons (Fsp3) is 0.200. The van der Waals surface area contributed by atoms with Crippen molar-refractivity contribution in [1.29, 1.82) is 0 Å². The van der Waals surface area contributed by atoms with Crippen LogP contribution < -0.4 is 5.32 Å². The first-order chi connectivity index (χ1) is 14.3. The smallest absolute Gasteiger partial charge is 0.221 e. The van der Waals surface area contributed by atoms with Gasteiger partial charge >= 0.3 is 0 Å². The van der Waals surface area contributed by atoms with Crippen molar-refractivity contribution in [2.75, 3.05) is 13.1 Å². The molecule has 1 fully saturated rings. The second-order valence-corrected chi connectivity index (χ2v) is 7.20. The summed E-state index contributed by atoms with van der Waals surface area (Å²) in [7, 11) is 0. The number of nitrogens with zero attached hydrogens (tertiary/aromatic N) is 8. The second-order valence-electron chi connectivity index (χ2n) is 7.20. The topological polar surface area (TPSA) is 99.2 Å². The van der Waals surface area contributed by atoms with Crippen LogP contribution in [0.1, 0.15) is 11.6 Å². The molecule has 5 aromatic rings. The van der Waals surface area contributed by atoms with Crippen LogP contribution in [0.2, 0.25) is 0 Å². The summed E-state index contributed by atoms with van der Waals surface area (Å²) < 4.78 is 3.76. The lowest BCUT2D eigenvalue weighted by molar-refractivity contribution is 0.318. The number of rotatable bonds is 4. The van der Waals surface area contributed by atoms with E-state index in [9.17, 15) is 0 Å². The maximum absolute atomic E-state index is 4.77. The molecule has 0 saturated carbocycles. The van der Waals surface area contributed by atoms with E-state index in [0.29, 0.717) is 23.9 Å². The van der Waals surface area contributed by atoms with Crippen molar-refractivity contribution >= 4 is 22.2 Å². The van der Waals surface area contributed by atoms with Crippen molar-refractivity contribution in [1.82, 2.24) is 45.0 Å². The van der Waals surface area contributed by atoms with E-state index in [2.05, 4.69) is 48.9 Å². The minimum atomic E-state index is 0.412. The van der Waals surface area contributed by atoms with Gasteiger partial charge in [0.2, 0.25) is 5.65 Å². The van der Waals surface area contributed by atoms with Crippen LogP contribution in [0.15, 0.2) is 55.1 Å². The Hall–Kier alpha value is -3.72. The molecule has 4 aromatic heterocycles. The number of hydrogen-bond donors (Lipinski definition) is 1. The molecule has 1 N–H and O–H groups in total. The first-order valence-corrected chi connectivity index (χ1v) is 9.49. The van der Waals surface area contributed by atoms with Gasteiger partial charge in [-0.1, -0.05) is 17.3 Å². The zero-order chi connectivity index (χ0) is 19.2. The number of pyridine rings is 1. The maximum Gasteiger partial charge on any atom is 0.221 e. The minimum absolute atomic E-state index is 0.412. The van der Waals surface area contributed by atoms with Gasteiger partial charge in [0.15, 0.2) is 5.65 Å². The highest BCUT2D eigenvalue weighted by Gasteiger charge is 2.20. The van der Waals surface area contributed by atoms with Gasteiger partial charge in [0.25, 0.3) is 0 Å². The van der Waals surface area contributed by atoms with Crippen LogP contribution in [0.25, 0.3) is 33.5 Å². The monoisotopic (exact) mass is 383 g/mol. The predicted octanol–water partition coefficient (Wildman–Crippen LogP) is 1.83. The maximum atomic E-state index is 4.77. The standard InChI is InChI=1S/C20H17N9/c1-2-14-6-13(3-4-17(14)22-5-1)11-29-20-19(26-27-29)23-10-18(25-20)15-7-24-28(12-15)16-8-21-9-16/h1-7,10,12,16,21H,8-9,11H2. The highest BCUT2D eigenvalue weighted by Crippen LogP contribution is 2.21. The van der Waals surface area contributed by atoms with Crippen molar-refractivity contribution in [3.8, 4) is 11.3 Å². The third-order valence-electron chi connectivity index (χ3n) is 5.26. The first-order valence-electron chi connectivity index (χ1n) is 9.49. The molecule has 0 amide bonds. The van der Waals surface area contributed by atoms with Crippen LogP contribution in [-0.4, -0.2) is 52.8 Å². The third kappa shape index (κ3) is 2.83. The number of nitrogens with one attached hydrogen (secondary N) is 1. The Morgan fingerprint density at radius 3 is 2.97 bits per heavy atom. The fourth-order valence-corrected chi connectivity index (χ4v) is 3.53. The number of fused-ring (bicyclic) bond motifs is 2. The van der Waals surface area contributed by atoms with E-state index in [0.717, 1.165) is 40.8 Å². The number of hydrogen-bond acceptors (Lipinski definition) is 7. The lowest BCUT2D eigenvalue weighted by Gasteiger charge is -2.27. The fourth-order valence-electron chi connectivity index (χ4n) is 3.53. The molecule has 1 saturated heterocycles. The summed E-state index contributed by atoms with van der Waals surface area (Å²) in [6, 6.07) is 10.6. The van der Waals surface area contributed by atoms with E-state index in [1.54, 1.807) is 17.1 Å². The van der Waals surface area contributed by atoms with Crippen LogP contribution in [0.3, 0.4) is 0 Å². The predicted molar refractivity (Wildman–Crippen MR) is 107 cm³/mol. The molecule has 29 heavy (non-hydrogen) atoms. The zero-order valence-corrected chi connectivity index (χ0v) is 15.5. The SMILES string of the molecule is c1cnc2ccc(Cn3nnc4ncc(-c5cnn(C6CNC6)c5)nc43)cc2c1. The van der Waals surface area contributed by atoms with Crippen LogP contribution in [-0.2, 0) is 6.54 Å². The second kappa shape index (κ2) is 6.42. The Morgan fingerprint density at radius 2 is 2.07 bits per heavy atom. The van der Waals surface area contributed by atoms with E-state index < -0.39 is 0 Å². The summed E-state index contributed by atoms with van der Waals surface area (Å²) in [6.07, 6.45) is 7.38. The Morgan fingerprint density at radius 1 is 1.10 bits per heavy atom. The first kappa shape index (κ1) is 16.3. The quantitative estimate of drug-likeness (QED) is 0.505. The normalized spacial score (nSPS) is 14.5. The molecule has 1 aliphatic heterocycles. The Kier molecular flexibility index (Phi) is 3.60. The molecule has 0 aliphatic carbocycles. The summed E-state index contributed by atoms with van der Waals surface area (Å²) in [6.45, 7) is 2.46. The van der Waals surface area contributed by atoms with E-state index >= 15 is 0 Å². The van der Waals surface area contributed by atoms with Crippen LogP contribution >= 0.6 is 0 Å². The van der Waals surface area contributed by atoms with E-state index in [4.69, 9.17) is 4.98 Å². The Bertz CT molecular complexity index is 1330. The zero-order valence-electron chi connectivity index (χ0n) is 15.5. The van der Waals surface area contributed by atoms with Gasteiger partial charge in [-0.3, -0.25) is 9.67 Å². The van der Waals surface area contributed by atoms with Crippen molar-refractivity contribution in [2.24, 2.45) is 0 Å². The molecule has 0 spiro atoms. The van der Waals surface area contributed by atoms with E-state index in [1.165, 1.54) is 0 Å². The van der Waals surface area contributed by atoms with E-state index in [-0.39, 0.29) is 0 Å². The van der Waals surface area contributed by atoms with Gasteiger partial charge in [0.1, 0.15) is 0 Å². The summed E-state index contributed by atoms with van der Waals surface area (Å²) >= 11 is 0. The summed E-state index contributed by atoms with van der Waals surface area (Å²) in [5.74, 6) is 0.